The Kier molecular flexibility index (Phi) is 4.51. The van der Waals surface area contributed by atoms with Gasteiger partial charge in [0.1, 0.15) is 5.75 Å². The number of hydrogen-bond donors (Lipinski definition) is 2. The normalized spacial score (nSPS) is 13.3. The van der Waals surface area contributed by atoms with Crippen LogP contribution in [0.4, 0.5) is 5.69 Å². The molecule has 5 nitrogen and oxygen atoms in total. The van der Waals surface area contributed by atoms with Crippen molar-refractivity contribution in [2.75, 3.05) is 18.0 Å². The summed E-state index contributed by atoms with van der Waals surface area (Å²) < 4.78 is 0. The first-order valence-corrected chi connectivity index (χ1v) is 8.03. The lowest BCUT2D eigenvalue weighted by atomic mass is 10.0. The fourth-order valence-electron chi connectivity index (χ4n) is 3.05. The molecule has 24 heavy (non-hydrogen) atoms. The Morgan fingerprint density at radius 3 is 2.75 bits per heavy atom. The van der Waals surface area contributed by atoms with E-state index in [1.165, 1.54) is 0 Å². The van der Waals surface area contributed by atoms with E-state index in [2.05, 4.69) is 5.32 Å². The second-order valence-corrected chi connectivity index (χ2v) is 5.93. The highest BCUT2D eigenvalue weighted by atomic mass is 16.3. The molecule has 0 spiro atoms. The van der Waals surface area contributed by atoms with E-state index in [-0.39, 0.29) is 24.1 Å². The number of aromatic hydroxyl groups is 1. The quantitative estimate of drug-likeness (QED) is 0.911. The van der Waals surface area contributed by atoms with Gasteiger partial charge in [0.05, 0.1) is 12.2 Å². The van der Waals surface area contributed by atoms with Crippen LogP contribution < -0.4 is 10.2 Å². The number of hydrogen-bond acceptors (Lipinski definition) is 3. The van der Waals surface area contributed by atoms with Crippen molar-refractivity contribution in [3.05, 3.63) is 59.2 Å². The van der Waals surface area contributed by atoms with Gasteiger partial charge in [0.25, 0.3) is 5.91 Å². The molecule has 0 radical (unpaired) electrons. The number of nitrogens with zero attached hydrogens (tertiary/aromatic N) is 1. The average molecular weight is 324 g/mol. The minimum absolute atomic E-state index is 0.0963. The summed E-state index contributed by atoms with van der Waals surface area (Å²) in [6, 6.07) is 12.5. The molecule has 1 aliphatic heterocycles. The van der Waals surface area contributed by atoms with Crippen molar-refractivity contribution < 1.29 is 14.7 Å². The maximum Gasteiger partial charge on any atom is 0.251 e. The van der Waals surface area contributed by atoms with E-state index in [1.54, 1.807) is 29.2 Å². The molecule has 0 saturated heterocycles. The zero-order valence-electron chi connectivity index (χ0n) is 13.6. The van der Waals surface area contributed by atoms with Gasteiger partial charge in [-0.2, -0.15) is 0 Å². The summed E-state index contributed by atoms with van der Waals surface area (Å²) in [4.78, 5) is 26.3. The molecule has 3 rings (SSSR count). The van der Waals surface area contributed by atoms with Crippen LogP contribution in [-0.4, -0.2) is 30.0 Å². The van der Waals surface area contributed by atoms with E-state index in [0.717, 1.165) is 24.0 Å². The summed E-state index contributed by atoms with van der Waals surface area (Å²) in [6.07, 6.45) is 1.68. The standard InChI is InChI=1S/C19H20N2O3/c1-13-6-2-3-9-15(13)19(24)20-12-17(23)21-11-5-8-14-7-4-10-16(22)18(14)21/h2-4,6-7,9-10,22H,5,8,11-12H2,1H3,(H,20,24). The molecular weight excluding hydrogens is 304 g/mol. The lowest BCUT2D eigenvalue weighted by molar-refractivity contribution is -0.117. The largest absolute Gasteiger partial charge is 0.506 e. The molecule has 0 saturated carbocycles. The van der Waals surface area contributed by atoms with E-state index in [4.69, 9.17) is 0 Å². The van der Waals surface area contributed by atoms with Crippen LogP contribution in [0.5, 0.6) is 5.75 Å². The third-order valence-corrected chi connectivity index (χ3v) is 4.29. The number of phenols is 1. The van der Waals surface area contributed by atoms with Gasteiger partial charge in [0, 0.05) is 12.1 Å². The second-order valence-electron chi connectivity index (χ2n) is 5.93. The van der Waals surface area contributed by atoms with E-state index in [1.807, 2.05) is 25.1 Å². The Bertz CT molecular complexity index is 786. The van der Waals surface area contributed by atoms with Crippen molar-refractivity contribution in [1.29, 1.82) is 0 Å². The highest BCUT2D eigenvalue weighted by Gasteiger charge is 2.25. The smallest absolute Gasteiger partial charge is 0.251 e. The number of para-hydroxylation sites is 1. The van der Waals surface area contributed by atoms with Gasteiger partial charge in [0.2, 0.25) is 5.91 Å². The number of rotatable bonds is 3. The van der Waals surface area contributed by atoms with Crippen molar-refractivity contribution in [3.8, 4) is 5.75 Å². The number of aryl methyl sites for hydroxylation is 2. The predicted molar refractivity (Wildman–Crippen MR) is 92.3 cm³/mol. The van der Waals surface area contributed by atoms with Crippen LogP contribution in [0, 0.1) is 6.92 Å². The number of carbonyl (C=O) groups excluding carboxylic acids is 2. The van der Waals surface area contributed by atoms with Gasteiger partial charge in [-0.1, -0.05) is 30.3 Å². The molecule has 2 amide bonds. The number of amides is 2. The monoisotopic (exact) mass is 324 g/mol. The molecule has 124 valence electrons. The Labute approximate surface area is 140 Å². The van der Waals surface area contributed by atoms with E-state index in [9.17, 15) is 14.7 Å². The van der Waals surface area contributed by atoms with Crippen LogP contribution >= 0.6 is 0 Å². The van der Waals surface area contributed by atoms with Crippen molar-refractivity contribution >= 4 is 17.5 Å². The molecule has 2 aromatic rings. The Morgan fingerprint density at radius 1 is 1.17 bits per heavy atom. The van der Waals surface area contributed by atoms with Gasteiger partial charge >= 0.3 is 0 Å². The van der Waals surface area contributed by atoms with Crippen molar-refractivity contribution in [3.63, 3.8) is 0 Å². The van der Waals surface area contributed by atoms with Crippen LogP contribution in [-0.2, 0) is 11.2 Å². The van der Waals surface area contributed by atoms with Gasteiger partial charge in [-0.15, -0.1) is 0 Å². The predicted octanol–water partition coefficient (Wildman–Crippen LogP) is 2.41. The molecule has 0 aliphatic carbocycles. The second kappa shape index (κ2) is 6.74. The Balaban J connectivity index is 1.71. The third-order valence-electron chi connectivity index (χ3n) is 4.29. The number of benzene rings is 2. The summed E-state index contributed by atoms with van der Waals surface area (Å²) in [7, 11) is 0. The first kappa shape index (κ1) is 16.1. The summed E-state index contributed by atoms with van der Waals surface area (Å²) in [5, 5.41) is 12.8. The van der Waals surface area contributed by atoms with Gasteiger partial charge in [-0.05, 0) is 43.0 Å². The lowest BCUT2D eigenvalue weighted by Crippen LogP contribution is -2.42. The maximum atomic E-state index is 12.5. The van der Waals surface area contributed by atoms with Crippen LogP contribution in [0.1, 0.15) is 27.9 Å². The van der Waals surface area contributed by atoms with E-state index < -0.39 is 0 Å². The topological polar surface area (TPSA) is 69.6 Å². The third kappa shape index (κ3) is 3.11. The van der Waals surface area contributed by atoms with E-state index >= 15 is 0 Å². The number of nitrogens with one attached hydrogen (secondary N) is 1. The molecule has 1 aliphatic rings. The number of phenolic OH excluding ortho intramolecular Hbond substituents is 1. The fourth-order valence-corrected chi connectivity index (χ4v) is 3.05. The molecule has 0 atom stereocenters. The summed E-state index contributed by atoms with van der Waals surface area (Å²) in [6.45, 7) is 2.31. The van der Waals surface area contributed by atoms with Crippen molar-refractivity contribution in [2.45, 2.75) is 19.8 Å². The molecule has 0 fully saturated rings. The summed E-state index contributed by atoms with van der Waals surface area (Å²) >= 11 is 0. The maximum absolute atomic E-state index is 12.5. The molecular formula is C19H20N2O3. The molecule has 0 bridgehead atoms. The van der Waals surface area contributed by atoms with Crippen LogP contribution in [0.3, 0.4) is 0 Å². The Hall–Kier alpha value is -2.82. The first-order chi connectivity index (χ1) is 11.6. The lowest BCUT2D eigenvalue weighted by Gasteiger charge is -2.30. The van der Waals surface area contributed by atoms with Gasteiger partial charge in [0.15, 0.2) is 0 Å². The van der Waals surface area contributed by atoms with E-state index in [0.29, 0.717) is 17.8 Å². The van der Waals surface area contributed by atoms with Gasteiger partial charge in [-0.3, -0.25) is 9.59 Å². The Morgan fingerprint density at radius 2 is 1.96 bits per heavy atom. The summed E-state index contributed by atoms with van der Waals surface area (Å²) in [5.41, 5.74) is 2.95. The number of fused-ring (bicyclic) bond motifs is 1. The average Bonchev–Trinajstić information content (AvgIpc) is 2.59. The zero-order valence-corrected chi connectivity index (χ0v) is 13.6. The van der Waals surface area contributed by atoms with Crippen LogP contribution in [0.25, 0.3) is 0 Å². The van der Waals surface area contributed by atoms with Gasteiger partial charge in [-0.25, -0.2) is 0 Å². The molecule has 0 aromatic heterocycles. The SMILES string of the molecule is Cc1ccccc1C(=O)NCC(=O)N1CCCc2cccc(O)c21. The highest BCUT2D eigenvalue weighted by molar-refractivity contribution is 6.02. The first-order valence-electron chi connectivity index (χ1n) is 8.03. The van der Waals surface area contributed by atoms with Crippen LogP contribution in [0.15, 0.2) is 42.5 Å². The molecule has 1 heterocycles. The van der Waals surface area contributed by atoms with Gasteiger partial charge < -0.3 is 15.3 Å². The fraction of sp³-hybridized carbons (Fsp3) is 0.263. The molecule has 2 N–H and O–H groups in total. The zero-order chi connectivity index (χ0) is 17.1. The molecule has 0 unspecified atom stereocenters. The van der Waals surface area contributed by atoms with Crippen molar-refractivity contribution in [2.24, 2.45) is 0 Å². The van der Waals surface area contributed by atoms with Crippen molar-refractivity contribution in [1.82, 2.24) is 5.32 Å². The minimum Gasteiger partial charge on any atom is -0.506 e. The number of anilines is 1. The summed E-state index contributed by atoms with van der Waals surface area (Å²) in [5.74, 6) is -0.388. The minimum atomic E-state index is -0.268. The molecule has 2 aromatic carbocycles. The highest BCUT2D eigenvalue weighted by Crippen LogP contribution is 2.35. The number of carbonyl (C=O) groups is 2. The van der Waals surface area contributed by atoms with Crippen LogP contribution in [0.2, 0.25) is 0 Å². The molecule has 5 heteroatoms.